The summed E-state index contributed by atoms with van der Waals surface area (Å²) in [6.45, 7) is 4.02. The summed E-state index contributed by atoms with van der Waals surface area (Å²) in [6, 6.07) is 1.40. The van der Waals surface area contributed by atoms with E-state index in [0.29, 0.717) is 10.9 Å². The second-order valence-electron chi connectivity index (χ2n) is 4.66. The van der Waals surface area contributed by atoms with Crippen LogP contribution in [0.15, 0.2) is 16.0 Å². The molecule has 22 heavy (non-hydrogen) atoms. The normalized spacial score (nSPS) is 10.5. The molecule has 0 aliphatic carbocycles. The van der Waals surface area contributed by atoms with Crippen LogP contribution in [-0.4, -0.2) is 40.7 Å². The van der Waals surface area contributed by atoms with Gasteiger partial charge in [-0.2, -0.15) is 0 Å². The zero-order valence-electron chi connectivity index (χ0n) is 13.0. The Labute approximate surface area is 133 Å². The molecule has 0 radical (unpaired) electrons. The fourth-order valence-electron chi connectivity index (χ4n) is 1.76. The maximum atomic E-state index is 11.8. The molecule has 1 heterocycles. The highest BCUT2D eigenvalue weighted by molar-refractivity contribution is 7.99. The lowest BCUT2D eigenvalue weighted by molar-refractivity contribution is -0.139. The summed E-state index contributed by atoms with van der Waals surface area (Å²) in [5, 5.41) is 3.21. The highest BCUT2D eigenvalue weighted by Crippen LogP contribution is 2.11. The van der Waals surface area contributed by atoms with Gasteiger partial charge in [-0.25, -0.2) is 4.98 Å². The van der Waals surface area contributed by atoms with Gasteiger partial charge in [0.15, 0.2) is 5.16 Å². The first-order valence-corrected chi connectivity index (χ1v) is 8.06. The van der Waals surface area contributed by atoms with Crippen LogP contribution >= 0.6 is 11.8 Å². The van der Waals surface area contributed by atoms with Crippen LogP contribution in [0.4, 0.5) is 0 Å². The Bertz CT molecular complexity index is 569. The van der Waals surface area contributed by atoms with E-state index in [0.717, 1.165) is 24.6 Å². The molecule has 1 amide bonds. The minimum Gasteiger partial charge on any atom is -0.469 e. The van der Waals surface area contributed by atoms with Crippen LogP contribution in [-0.2, 0) is 20.7 Å². The van der Waals surface area contributed by atoms with E-state index in [1.165, 1.54) is 13.2 Å². The van der Waals surface area contributed by atoms with Gasteiger partial charge in [0.05, 0.1) is 25.0 Å². The smallest absolute Gasteiger partial charge is 0.311 e. The summed E-state index contributed by atoms with van der Waals surface area (Å²) in [5.74, 6) is -0.429. The van der Waals surface area contributed by atoms with Crippen molar-refractivity contribution in [2.45, 2.75) is 44.3 Å². The van der Waals surface area contributed by atoms with Gasteiger partial charge in [-0.15, -0.1) is 0 Å². The number of rotatable bonds is 8. The molecule has 122 valence electrons. The lowest BCUT2D eigenvalue weighted by atomic mass is 10.2. The van der Waals surface area contributed by atoms with Crippen molar-refractivity contribution < 1.29 is 14.3 Å². The topological polar surface area (TPSA) is 101 Å². The molecular formula is C14H21N3O4S. The Balaban J connectivity index is 2.64. The van der Waals surface area contributed by atoms with E-state index in [9.17, 15) is 14.4 Å². The van der Waals surface area contributed by atoms with Crippen LogP contribution in [0.5, 0.6) is 0 Å². The Hall–Kier alpha value is -1.83. The van der Waals surface area contributed by atoms with E-state index >= 15 is 0 Å². The van der Waals surface area contributed by atoms with Gasteiger partial charge in [-0.3, -0.25) is 14.4 Å². The Morgan fingerprint density at radius 3 is 2.68 bits per heavy atom. The summed E-state index contributed by atoms with van der Waals surface area (Å²) >= 11 is 1.12. The molecule has 0 atom stereocenters. The molecule has 0 saturated carbocycles. The minimum absolute atomic E-state index is 0.0755. The third-order valence-electron chi connectivity index (χ3n) is 3.02. The number of carbonyl (C=O) groups excluding carboxylic acids is 2. The van der Waals surface area contributed by atoms with Crippen molar-refractivity contribution in [1.29, 1.82) is 0 Å². The quantitative estimate of drug-likeness (QED) is 0.418. The molecule has 0 fully saturated rings. The number of nitrogens with one attached hydrogen (secondary N) is 2. The van der Waals surface area contributed by atoms with E-state index in [-0.39, 0.29) is 29.7 Å². The summed E-state index contributed by atoms with van der Waals surface area (Å²) in [4.78, 5) is 41.2. The molecule has 1 rings (SSSR count). The van der Waals surface area contributed by atoms with Gasteiger partial charge in [0.25, 0.3) is 5.56 Å². The molecule has 0 spiro atoms. The number of ether oxygens (including phenoxy) is 1. The van der Waals surface area contributed by atoms with Gasteiger partial charge < -0.3 is 15.0 Å². The Morgan fingerprint density at radius 1 is 1.41 bits per heavy atom. The van der Waals surface area contributed by atoms with E-state index in [2.05, 4.69) is 20.0 Å². The van der Waals surface area contributed by atoms with Crippen LogP contribution in [0.2, 0.25) is 0 Å². The van der Waals surface area contributed by atoms with Gasteiger partial charge in [-0.05, 0) is 12.8 Å². The average Bonchev–Trinajstić information content (AvgIpc) is 2.49. The largest absolute Gasteiger partial charge is 0.469 e. The molecular weight excluding hydrogens is 306 g/mol. The molecule has 0 aliphatic rings. The van der Waals surface area contributed by atoms with Gasteiger partial charge in [0.1, 0.15) is 0 Å². The molecule has 8 heteroatoms. The zero-order valence-corrected chi connectivity index (χ0v) is 13.8. The highest BCUT2D eigenvalue weighted by Gasteiger charge is 2.11. The standard InChI is InChI=1S/C14H21N3O4S/c1-4-9(5-2)15-12(19)8-22-14-16-10(6-11(18)17-14)7-13(20)21-3/h6,9H,4-5,7-8H2,1-3H3,(H,15,19)(H,16,17,18). The number of hydrogen-bond donors (Lipinski definition) is 2. The fourth-order valence-corrected chi connectivity index (χ4v) is 2.46. The second-order valence-corrected chi connectivity index (χ2v) is 5.63. The lowest BCUT2D eigenvalue weighted by Crippen LogP contribution is -2.35. The highest BCUT2D eigenvalue weighted by atomic mass is 32.2. The number of hydrogen-bond acceptors (Lipinski definition) is 6. The van der Waals surface area contributed by atoms with E-state index in [4.69, 9.17) is 0 Å². The lowest BCUT2D eigenvalue weighted by Gasteiger charge is -2.14. The Morgan fingerprint density at radius 2 is 2.09 bits per heavy atom. The monoisotopic (exact) mass is 327 g/mol. The number of H-pyrrole nitrogens is 1. The Kier molecular flexibility index (Phi) is 7.65. The van der Waals surface area contributed by atoms with E-state index < -0.39 is 5.97 Å². The number of aromatic nitrogens is 2. The van der Waals surface area contributed by atoms with E-state index in [1.807, 2.05) is 13.8 Å². The van der Waals surface area contributed by atoms with Crippen molar-refractivity contribution in [3.05, 3.63) is 22.1 Å². The first-order chi connectivity index (χ1) is 10.5. The number of aromatic amines is 1. The number of amides is 1. The number of methoxy groups -OCH3 is 1. The number of carbonyl (C=O) groups is 2. The molecule has 0 saturated heterocycles. The fraction of sp³-hybridized carbons (Fsp3) is 0.571. The molecule has 1 aromatic heterocycles. The molecule has 2 N–H and O–H groups in total. The van der Waals surface area contributed by atoms with Crippen molar-refractivity contribution >= 4 is 23.6 Å². The number of esters is 1. The molecule has 7 nitrogen and oxygen atoms in total. The van der Waals surface area contributed by atoms with Crippen molar-refractivity contribution in [1.82, 2.24) is 15.3 Å². The van der Waals surface area contributed by atoms with Gasteiger partial charge in [0.2, 0.25) is 5.91 Å². The van der Waals surface area contributed by atoms with Crippen molar-refractivity contribution in [3.8, 4) is 0 Å². The van der Waals surface area contributed by atoms with Gasteiger partial charge in [-0.1, -0.05) is 25.6 Å². The summed E-state index contributed by atoms with van der Waals surface area (Å²) in [5.41, 5.74) is -0.0460. The zero-order chi connectivity index (χ0) is 16.5. The van der Waals surface area contributed by atoms with Crippen LogP contribution in [0.1, 0.15) is 32.4 Å². The predicted octanol–water partition coefficient (Wildman–Crippen LogP) is 0.882. The maximum Gasteiger partial charge on any atom is 0.311 e. The SMILES string of the molecule is CCC(CC)NC(=O)CSc1nc(CC(=O)OC)cc(=O)[nH]1. The molecule has 0 bridgehead atoms. The number of thioether (sulfide) groups is 1. The summed E-state index contributed by atoms with van der Waals surface area (Å²) in [6.07, 6.45) is 1.67. The maximum absolute atomic E-state index is 11.8. The van der Waals surface area contributed by atoms with Crippen LogP contribution in [0.25, 0.3) is 0 Å². The minimum atomic E-state index is -0.472. The summed E-state index contributed by atoms with van der Waals surface area (Å²) in [7, 11) is 1.27. The van der Waals surface area contributed by atoms with Crippen LogP contribution < -0.4 is 10.9 Å². The molecule has 1 aromatic rings. The molecule has 0 aromatic carbocycles. The van der Waals surface area contributed by atoms with Crippen molar-refractivity contribution in [3.63, 3.8) is 0 Å². The van der Waals surface area contributed by atoms with Gasteiger partial charge in [0, 0.05) is 12.1 Å². The predicted molar refractivity (Wildman–Crippen MR) is 83.8 cm³/mol. The number of nitrogens with zero attached hydrogens (tertiary/aromatic N) is 1. The third-order valence-corrected chi connectivity index (χ3v) is 3.89. The second kappa shape index (κ2) is 9.24. The average molecular weight is 327 g/mol. The van der Waals surface area contributed by atoms with Gasteiger partial charge >= 0.3 is 5.97 Å². The first-order valence-electron chi connectivity index (χ1n) is 7.07. The molecule has 0 aliphatic heterocycles. The third kappa shape index (κ3) is 6.30. The van der Waals surface area contributed by atoms with Crippen molar-refractivity contribution in [2.75, 3.05) is 12.9 Å². The van der Waals surface area contributed by atoms with Crippen LogP contribution in [0, 0.1) is 0 Å². The molecule has 0 unspecified atom stereocenters. The van der Waals surface area contributed by atoms with E-state index in [1.54, 1.807) is 0 Å². The summed E-state index contributed by atoms with van der Waals surface area (Å²) < 4.78 is 4.54. The van der Waals surface area contributed by atoms with Crippen LogP contribution in [0.3, 0.4) is 0 Å². The van der Waals surface area contributed by atoms with Crippen molar-refractivity contribution in [2.24, 2.45) is 0 Å². The first kappa shape index (κ1) is 18.2.